The van der Waals surface area contributed by atoms with Crippen molar-refractivity contribution >= 4 is 10.0 Å². The third kappa shape index (κ3) is 5.39. The summed E-state index contributed by atoms with van der Waals surface area (Å²) in [4.78, 5) is 0. The minimum absolute atomic E-state index is 0.0535. The second kappa shape index (κ2) is 8.79. The summed E-state index contributed by atoms with van der Waals surface area (Å²) in [6.45, 7) is 4.16. The molecule has 3 rings (SSSR count). The van der Waals surface area contributed by atoms with Crippen LogP contribution in [0, 0.1) is 12.8 Å². The molecule has 1 saturated heterocycles. The van der Waals surface area contributed by atoms with E-state index in [-0.39, 0.29) is 11.8 Å². The zero-order valence-corrected chi connectivity index (χ0v) is 15.7. The summed E-state index contributed by atoms with van der Waals surface area (Å²) < 4.78 is 32.5. The normalized spacial score (nSPS) is 20.5. The molecule has 2 atom stereocenters. The van der Waals surface area contributed by atoms with Crippen molar-refractivity contribution in [3.8, 4) is 0 Å². The number of hydrazine groups is 1. The lowest BCUT2D eigenvalue weighted by molar-refractivity contribution is 0.362. The molecule has 0 radical (unpaired) electrons. The quantitative estimate of drug-likeness (QED) is 0.488. The maximum atomic E-state index is 12.1. The Morgan fingerprint density at radius 1 is 1.19 bits per heavy atom. The average molecular weight is 378 g/mol. The van der Waals surface area contributed by atoms with Crippen molar-refractivity contribution in [2.45, 2.75) is 19.5 Å². The Hall–Kier alpha value is -1.71. The van der Waals surface area contributed by atoms with Gasteiger partial charge in [-0.1, -0.05) is 30.3 Å². The smallest absolute Gasteiger partial charge is 0.213 e. The van der Waals surface area contributed by atoms with Crippen LogP contribution in [0.5, 0.6) is 0 Å². The van der Waals surface area contributed by atoms with E-state index in [0.717, 1.165) is 23.6 Å². The first kappa shape index (κ1) is 19.1. The van der Waals surface area contributed by atoms with Crippen LogP contribution in [0.1, 0.15) is 23.1 Å². The van der Waals surface area contributed by atoms with E-state index in [1.807, 2.05) is 49.4 Å². The summed E-state index contributed by atoms with van der Waals surface area (Å²) >= 11 is 0. The SMILES string of the molecule is Cc1ccc(C2NNCC2CNCCS(=O)(=O)NCc2ccccc2)o1. The predicted molar refractivity (Wildman–Crippen MR) is 101 cm³/mol. The van der Waals surface area contributed by atoms with Crippen molar-refractivity contribution in [3.05, 3.63) is 59.5 Å². The molecule has 0 saturated carbocycles. The van der Waals surface area contributed by atoms with Crippen molar-refractivity contribution in [1.82, 2.24) is 20.9 Å². The second-order valence-electron chi connectivity index (χ2n) is 6.54. The van der Waals surface area contributed by atoms with Gasteiger partial charge >= 0.3 is 0 Å². The fraction of sp³-hybridized carbons (Fsp3) is 0.444. The van der Waals surface area contributed by atoms with E-state index in [1.54, 1.807) is 0 Å². The largest absolute Gasteiger partial charge is 0.465 e. The van der Waals surface area contributed by atoms with Crippen LogP contribution in [-0.4, -0.2) is 33.8 Å². The minimum atomic E-state index is -3.30. The van der Waals surface area contributed by atoms with E-state index in [9.17, 15) is 8.42 Å². The number of sulfonamides is 1. The fourth-order valence-electron chi connectivity index (χ4n) is 3.01. The molecule has 4 N–H and O–H groups in total. The predicted octanol–water partition coefficient (Wildman–Crippen LogP) is 1.06. The molecule has 1 aromatic heterocycles. The zero-order valence-electron chi connectivity index (χ0n) is 14.9. The van der Waals surface area contributed by atoms with E-state index in [1.165, 1.54) is 0 Å². The van der Waals surface area contributed by atoms with Gasteiger partial charge in [0.15, 0.2) is 0 Å². The lowest BCUT2D eigenvalue weighted by Gasteiger charge is -2.17. The van der Waals surface area contributed by atoms with Crippen molar-refractivity contribution in [2.24, 2.45) is 5.92 Å². The maximum Gasteiger partial charge on any atom is 0.213 e. The molecule has 7 nitrogen and oxygen atoms in total. The zero-order chi connectivity index (χ0) is 18.4. The summed E-state index contributed by atoms with van der Waals surface area (Å²) in [7, 11) is -3.30. The molecule has 1 aliphatic heterocycles. The van der Waals surface area contributed by atoms with Gasteiger partial charge in [-0.05, 0) is 24.6 Å². The van der Waals surface area contributed by atoms with Gasteiger partial charge in [0.1, 0.15) is 11.5 Å². The molecule has 142 valence electrons. The highest BCUT2D eigenvalue weighted by Crippen LogP contribution is 2.25. The van der Waals surface area contributed by atoms with Crippen LogP contribution in [0.15, 0.2) is 46.9 Å². The number of benzene rings is 1. The average Bonchev–Trinajstić information content (AvgIpc) is 3.26. The van der Waals surface area contributed by atoms with E-state index in [0.29, 0.717) is 25.6 Å². The summed E-state index contributed by atoms with van der Waals surface area (Å²) in [6, 6.07) is 13.5. The first-order valence-electron chi connectivity index (χ1n) is 8.80. The van der Waals surface area contributed by atoms with Gasteiger partial charge in [0, 0.05) is 32.1 Å². The number of nitrogens with one attached hydrogen (secondary N) is 4. The summed E-state index contributed by atoms with van der Waals surface area (Å²) in [5.41, 5.74) is 7.31. The van der Waals surface area contributed by atoms with Gasteiger partial charge in [-0.3, -0.25) is 5.43 Å². The monoisotopic (exact) mass is 378 g/mol. The Morgan fingerprint density at radius 2 is 2.00 bits per heavy atom. The summed E-state index contributed by atoms with van der Waals surface area (Å²) in [6.07, 6.45) is 0. The Labute approximate surface area is 154 Å². The molecule has 0 amide bonds. The van der Waals surface area contributed by atoms with Crippen LogP contribution in [0.3, 0.4) is 0 Å². The van der Waals surface area contributed by atoms with E-state index in [4.69, 9.17) is 4.42 Å². The first-order valence-corrected chi connectivity index (χ1v) is 10.5. The minimum Gasteiger partial charge on any atom is -0.465 e. The lowest BCUT2D eigenvalue weighted by Crippen LogP contribution is -2.35. The van der Waals surface area contributed by atoms with Gasteiger partial charge in [0.2, 0.25) is 10.0 Å². The first-order chi connectivity index (χ1) is 12.5. The van der Waals surface area contributed by atoms with Crippen LogP contribution < -0.4 is 20.9 Å². The van der Waals surface area contributed by atoms with Crippen LogP contribution in [0.4, 0.5) is 0 Å². The van der Waals surface area contributed by atoms with Crippen LogP contribution in [0.2, 0.25) is 0 Å². The van der Waals surface area contributed by atoms with Crippen LogP contribution in [0.25, 0.3) is 0 Å². The third-order valence-corrected chi connectivity index (χ3v) is 5.78. The highest BCUT2D eigenvalue weighted by molar-refractivity contribution is 7.89. The molecule has 2 heterocycles. The van der Waals surface area contributed by atoms with Gasteiger partial charge in [-0.15, -0.1) is 0 Å². The Balaban J connectivity index is 1.40. The van der Waals surface area contributed by atoms with E-state index >= 15 is 0 Å². The molecule has 1 aromatic carbocycles. The molecular formula is C18H26N4O3S. The standard InChI is InChI=1S/C18H26N4O3S/c1-14-7-8-17(25-14)18-16(13-20-22-18)12-19-9-10-26(23,24)21-11-15-5-3-2-4-6-15/h2-8,16,18-22H,9-13H2,1H3. The number of furan rings is 1. The van der Waals surface area contributed by atoms with Gasteiger partial charge in [-0.2, -0.15) is 0 Å². The van der Waals surface area contributed by atoms with E-state index < -0.39 is 10.0 Å². The molecule has 26 heavy (non-hydrogen) atoms. The highest BCUT2D eigenvalue weighted by atomic mass is 32.2. The van der Waals surface area contributed by atoms with Gasteiger partial charge in [-0.25, -0.2) is 18.6 Å². The topological polar surface area (TPSA) is 95.4 Å². The van der Waals surface area contributed by atoms with Crippen LogP contribution >= 0.6 is 0 Å². The molecule has 0 aliphatic carbocycles. The second-order valence-corrected chi connectivity index (χ2v) is 8.47. The summed E-state index contributed by atoms with van der Waals surface area (Å²) in [5.74, 6) is 2.13. The number of hydrogen-bond acceptors (Lipinski definition) is 6. The molecule has 2 unspecified atom stereocenters. The molecule has 1 aliphatic rings. The van der Waals surface area contributed by atoms with Crippen LogP contribution in [-0.2, 0) is 16.6 Å². The van der Waals surface area contributed by atoms with Gasteiger partial charge in [0.25, 0.3) is 0 Å². The number of hydrogen-bond donors (Lipinski definition) is 4. The molecular weight excluding hydrogens is 352 g/mol. The Morgan fingerprint density at radius 3 is 2.73 bits per heavy atom. The van der Waals surface area contributed by atoms with Crippen molar-refractivity contribution in [1.29, 1.82) is 0 Å². The van der Waals surface area contributed by atoms with Gasteiger partial charge in [0.05, 0.1) is 11.8 Å². The van der Waals surface area contributed by atoms with Crippen molar-refractivity contribution in [3.63, 3.8) is 0 Å². The van der Waals surface area contributed by atoms with Crippen molar-refractivity contribution in [2.75, 3.05) is 25.4 Å². The third-order valence-electron chi connectivity index (χ3n) is 4.45. The summed E-state index contributed by atoms with van der Waals surface area (Å²) in [5, 5.41) is 3.25. The number of rotatable bonds is 9. The molecule has 8 heteroatoms. The van der Waals surface area contributed by atoms with Gasteiger partial charge < -0.3 is 9.73 Å². The molecule has 2 aromatic rings. The maximum absolute atomic E-state index is 12.1. The van der Waals surface area contributed by atoms with E-state index in [2.05, 4.69) is 20.9 Å². The number of aryl methyl sites for hydroxylation is 1. The highest BCUT2D eigenvalue weighted by Gasteiger charge is 2.30. The Bertz CT molecular complexity index is 792. The molecule has 1 fully saturated rings. The fourth-order valence-corrected chi connectivity index (χ4v) is 3.95. The molecule has 0 spiro atoms. The van der Waals surface area contributed by atoms with Crippen molar-refractivity contribution < 1.29 is 12.8 Å². The molecule has 0 bridgehead atoms. The lowest BCUT2D eigenvalue weighted by atomic mass is 10.00. The Kier molecular flexibility index (Phi) is 6.44.